The summed E-state index contributed by atoms with van der Waals surface area (Å²) < 4.78 is 2.96. The highest BCUT2D eigenvalue weighted by molar-refractivity contribution is 6.97. The molecule has 0 N–H and O–H groups in total. The van der Waals surface area contributed by atoms with Crippen LogP contribution in [0.25, 0.3) is 0 Å². The fraction of sp³-hybridized carbons (Fsp3) is 0.812. The molecule has 0 saturated heterocycles. The molecule has 0 heterocycles. The van der Waals surface area contributed by atoms with Gasteiger partial charge in [0.05, 0.1) is 0 Å². The van der Waals surface area contributed by atoms with Crippen LogP contribution in [-0.4, -0.2) is 34.8 Å². The normalized spacial score (nSPS) is 25.6. The summed E-state index contributed by atoms with van der Waals surface area (Å²) in [4.78, 5) is 0. The van der Waals surface area contributed by atoms with Crippen LogP contribution in [0.1, 0.15) is 34.6 Å². The summed E-state index contributed by atoms with van der Waals surface area (Å²) in [5.41, 5.74) is 3.52. The Morgan fingerprint density at radius 2 is 1.35 bits per heavy atom. The van der Waals surface area contributed by atoms with Gasteiger partial charge in [0, 0.05) is 5.41 Å². The smallest absolute Gasteiger partial charge is 0.138 e. The van der Waals surface area contributed by atoms with Crippen molar-refractivity contribution in [1.82, 2.24) is 3.90 Å². The van der Waals surface area contributed by atoms with Crippen molar-refractivity contribution in [2.24, 2.45) is 11.3 Å². The maximum atomic E-state index is 2.96. The van der Waals surface area contributed by atoms with E-state index in [1.807, 2.05) is 0 Å². The third-order valence-corrected chi connectivity index (χ3v) is 17.8. The van der Waals surface area contributed by atoms with E-state index in [9.17, 15) is 0 Å². The van der Waals surface area contributed by atoms with Crippen LogP contribution >= 0.6 is 0 Å². The first-order chi connectivity index (χ1) is 8.70. The van der Waals surface area contributed by atoms with E-state index in [4.69, 9.17) is 0 Å². The Morgan fingerprint density at radius 1 is 0.950 bits per heavy atom. The molecule has 1 rings (SSSR count). The average Bonchev–Trinajstić information content (AvgIpc) is 2.35. The van der Waals surface area contributed by atoms with Crippen LogP contribution in [-0.2, 0) is 0 Å². The lowest BCUT2D eigenvalue weighted by atomic mass is 9.85. The third-order valence-electron chi connectivity index (χ3n) is 4.86. The molecule has 1 aliphatic rings. The Hall–Kier alpha value is 0.0606. The van der Waals surface area contributed by atoms with E-state index in [-0.39, 0.29) is 0 Å². The number of nitrogens with zero attached hydrogens (tertiary/aromatic N) is 1. The molecule has 20 heavy (non-hydrogen) atoms. The molecule has 1 radical (unpaired) electrons. The molecule has 0 spiro atoms. The number of hydrogen-bond acceptors (Lipinski definition) is 1. The molecular weight excluding hydrogens is 290 g/mol. The highest BCUT2D eigenvalue weighted by atomic mass is 28.4. The SMILES string of the molecule is CC1=C(C)C(C)(C)C(=[Si]N([Si](C)(C)C)[Si](C)(C)C)C1C. The topological polar surface area (TPSA) is 3.24 Å². The minimum Gasteiger partial charge on any atom is -0.461 e. The van der Waals surface area contributed by atoms with Crippen molar-refractivity contribution in [3.05, 3.63) is 11.1 Å². The lowest BCUT2D eigenvalue weighted by molar-refractivity contribution is 0.639. The third kappa shape index (κ3) is 3.28. The Labute approximate surface area is 131 Å². The van der Waals surface area contributed by atoms with Gasteiger partial charge in [0.25, 0.3) is 0 Å². The molecule has 1 aliphatic carbocycles. The molecule has 0 fully saturated rings. The summed E-state index contributed by atoms with van der Waals surface area (Å²) in [5.74, 6) is 0.665. The lowest BCUT2D eigenvalue weighted by Gasteiger charge is -2.45. The zero-order chi connectivity index (χ0) is 16.1. The second kappa shape index (κ2) is 5.36. The fourth-order valence-electron chi connectivity index (χ4n) is 3.48. The van der Waals surface area contributed by atoms with Gasteiger partial charge in [0.15, 0.2) is 0 Å². The van der Waals surface area contributed by atoms with E-state index in [0.29, 0.717) is 11.3 Å². The molecule has 115 valence electrons. The average molecular weight is 325 g/mol. The van der Waals surface area contributed by atoms with E-state index in [1.165, 1.54) is 0 Å². The van der Waals surface area contributed by atoms with Crippen LogP contribution in [0.4, 0.5) is 0 Å². The predicted octanol–water partition coefficient (Wildman–Crippen LogP) is 4.76. The largest absolute Gasteiger partial charge is 0.461 e. The van der Waals surface area contributed by atoms with E-state index in [2.05, 4.69) is 77.8 Å². The minimum absolute atomic E-state index is 0.291. The molecule has 0 aromatic rings. The quantitative estimate of drug-likeness (QED) is 0.534. The van der Waals surface area contributed by atoms with E-state index >= 15 is 0 Å². The first-order valence-corrected chi connectivity index (χ1v) is 15.7. The summed E-state index contributed by atoms with van der Waals surface area (Å²) in [5, 5.41) is 1.78. The molecule has 0 aromatic heterocycles. The highest BCUT2D eigenvalue weighted by Gasteiger charge is 2.40. The predicted molar refractivity (Wildman–Crippen MR) is 101 cm³/mol. The van der Waals surface area contributed by atoms with E-state index in [1.54, 1.807) is 16.3 Å². The standard InChI is InChI=1S/C16H34NSi3/c1-12-13(2)15(16(4,5)14(12)3)18-17(19(6,7)8)20(9,10)11/h13H,1-11H3. The molecule has 0 aliphatic heterocycles. The number of rotatable bonds is 3. The summed E-state index contributed by atoms with van der Waals surface area (Å²) in [6.07, 6.45) is 0. The Kier molecular flexibility index (Phi) is 4.85. The number of allylic oxidation sites excluding steroid dienone is 2. The van der Waals surface area contributed by atoms with Gasteiger partial charge in [-0.2, -0.15) is 0 Å². The van der Waals surface area contributed by atoms with E-state index in [0.717, 1.165) is 9.29 Å². The second-order valence-electron chi connectivity index (χ2n) is 8.86. The van der Waals surface area contributed by atoms with Gasteiger partial charge in [0.2, 0.25) is 0 Å². The van der Waals surface area contributed by atoms with Crippen molar-refractivity contribution in [2.75, 3.05) is 0 Å². The molecule has 1 unspecified atom stereocenters. The first-order valence-electron chi connectivity index (χ1n) is 7.83. The van der Waals surface area contributed by atoms with Crippen LogP contribution in [0.2, 0.25) is 39.3 Å². The van der Waals surface area contributed by atoms with Crippen molar-refractivity contribution in [1.29, 1.82) is 0 Å². The molecule has 4 heteroatoms. The number of hydrogen-bond donors (Lipinski definition) is 0. The van der Waals surface area contributed by atoms with Crippen LogP contribution in [0.5, 0.6) is 0 Å². The van der Waals surface area contributed by atoms with Gasteiger partial charge >= 0.3 is 0 Å². The molecular formula is C16H34NSi3. The maximum absolute atomic E-state index is 2.96. The summed E-state index contributed by atoms with van der Waals surface area (Å²) in [6, 6.07) is 0. The zero-order valence-electron chi connectivity index (χ0n) is 15.5. The zero-order valence-corrected chi connectivity index (χ0v) is 18.5. The summed E-state index contributed by atoms with van der Waals surface area (Å²) in [7, 11) is -1.60. The van der Waals surface area contributed by atoms with Gasteiger partial charge in [-0.05, 0) is 19.8 Å². The Bertz CT molecular complexity index is 433. The Morgan fingerprint density at radius 3 is 1.60 bits per heavy atom. The van der Waals surface area contributed by atoms with Gasteiger partial charge < -0.3 is 3.90 Å². The second-order valence-corrected chi connectivity index (χ2v) is 21.0. The maximum Gasteiger partial charge on any atom is 0.138 e. The molecule has 0 aromatic carbocycles. The van der Waals surface area contributed by atoms with Gasteiger partial charge in [-0.25, -0.2) is 0 Å². The minimum atomic E-state index is -1.26. The highest BCUT2D eigenvalue weighted by Crippen LogP contribution is 2.42. The molecule has 0 bridgehead atoms. The van der Waals surface area contributed by atoms with Gasteiger partial charge in [-0.1, -0.05) is 76.4 Å². The van der Waals surface area contributed by atoms with Crippen LogP contribution in [0, 0.1) is 11.3 Å². The van der Waals surface area contributed by atoms with Crippen molar-refractivity contribution >= 4 is 30.9 Å². The van der Waals surface area contributed by atoms with Crippen LogP contribution in [0.3, 0.4) is 0 Å². The van der Waals surface area contributed by atoms with Crippen LogP contribution < -0.4 is 0 Å². The molecule has 1 atom stereocenters. The molecule has 1 nitrogen and oxygen atoms in total. The Balaban J connectivity index is 3.35. The first kappa shape index (κ1) is 18.1. The summed E-state index contributed by atoms with van der Waals surface area (Å²) in [6.45, 7) is 27.0. The molecule has 0 amide bonds. The lowest BCUT2D eigenvalue weighted by Crippen LogP contribution is -2.60. The van der Waals surface area contributed by atoms with Crippen LogP contribution in [0.15, 0.2) is 11.1 Å². The molecule has 0 saturated carbocycles. The van der Waals surface area contributed by atoms with E-state index < -0.39 is 16.5 Å². The van der Waals surface area contributed by atoms with Crippen molar-refractivity contribution < 1.29 is 0 Å². The monoisotopic (exact) mass is 324 g/mol. The van der Waals surface area contributed by atoms with Crippen molar-refractivity contribution in [2.45, 2.75) is 73.9 Å². The van der Waals surface area contributed by atoms with Crippen molar-refractivity contribution in [3.8, 4) is 0 Å². The van der Waals surface area contributed by atoms with Gasteiger partial charge in [0.1, 0.15) is 25.8 Å². The van der Waals surface area contributed by atoms with Crippen molar-refractivity contribution in [3.63, 3.8) is 0 Å². The van der Waals surface area contributed by atoms with Gasteiger partial charge in [-0.15, -0.1) is 0 Å². The fourth-order valence-corrected chi connectivity index (χ4v) is 16.1. The summed E-state index contributed by atoms with van der Waals surface area (Å²) >= 11 is 0. The van der Waals surface area contributed by atoms with Gasteiger partial charge in [-0.3, -0.25) is 0 Å².